The van der Waals surface area contributed by atoms with Crippen LogP contribution in [0.1, 0.15) is 35.4 Å². The lowest BCUT2D eigenvalue weighted by atomic mass is 10.0. The minimum Gasteiger partial charge on any atom is -0.305 e. The van der Waals surface area contributed by atoms with Gasteiger partial charge in [0.2, 0.25) is 0 Å². The minimum atomic E-state index is -0.902. The van der Waals surface area contributed by atoms with Crippen molar-refractivity contribution in [3.8, 4) is 0 Å². The van der Waals surface area contributed by atoms with Gasteiger partial charge in [0, 0.05) is 22.6 Å². The largest absolute Gasteiger partial charge is 0.305 e. The summed E-state index contributed by atoms with van der Waals surface area (Å²) in [6, 6.07) is 2.76. The molecule has 1 heterocycles. The zero-order valence-electron chi connectivity index (χ0n) is 11.3. The van der Waals surface area contributed by atoms with Gasteiger partial charge in [-0.05, 0) is 36.9 Å². The fourth-order valence-electron chi connectivity index (χ4n) is 2.12. The molecule has 2 aromatic rings. The van der Waals surface area contributed by atoms with E-state index < -0.39 is 23.5 Å². The molecular formula is C15H16F3NS. The van der Waals surface area contributed by atoms with E-state index in [-0.39, 0.29) is 5.56 Å². The second kappa shape index (κ2) is 6.41. The average molecular weight is 299 g/mol. The third kappa shape index (κ3) is 3.04. The number of hydrogen-bond donors (Lipinski definition) is 1. The number of nitrogens with one attached hydrogen (secondary N) is 1. The lowest BCUT2D eigenvalue weighted by Crippen LogP contribution is -2.25. The van der Waals surface area contributed by atoms with Gasteiger partial charge in [-0.1, -0.05) is 6.92 Å². The number of halogens is 3. The van der Waals surface area contributed by atoms with Crippen LogP contribution in [-0.2, 0) is 0 Å². The summed E-state index contributed by atoms with van der Waals surface area (Å²) in [4.78, 5) is 0.850. The summed E-state index contributed by atoms with van der Waals surface area (Å²) in [5.41, 5.74) is 0.845. The van der Waals surface area contributed by atoms with Gasteiger partial charge in [0.25, 0.3) is 0 Å². The Morgan fingerprint density at radius 3 is 2.35 bits per heavy atom. The second-order valence-corrected chi connectivity index (χ2v) is 5.59. The van der Waals surface area contributed by atoms with Crippen molar-refractivity contribution < 1.29 is 13.2 Å². The van der Waals surface area contributed by atoms with Gasteiger partial charge in [-0.2, -0.15) is 0 Å². The molecule has 1 aromatic carbocycles. The van der Waals surface area contributed by atoms with Crippen LogP contribution in [0.25, 0.3) is 0 Å². The molecule has 0 saturated heterocycles. The summed E-state index contributed by atoms with van der Waals surface area (Å²) >= 11 is 1.43. The Balaban J connectivity index is 2.50. The van der Waals surface area contributed by atoms with E-state index in [0.717, 1.165) is 29.0 Å². The second-order valence-electron chi connectivity index (χ2n) is 4.64. The van der Waals surface area contributed by atoms with E-state index in [9.17, 15) is 13.2 Å². The highest BCUT2D eigenvalue weighted by atomic mass is 32.1. The summed E-state index contributed by atoms with van der Waals surface area (Å²) in [5, 5.41) is 5.02. The van der Waals surface area contributed by atoms with Crippen molar-refractivity contribution in [3.05, 3.63) is 57.0 Å². The van der Waals surface area contributed by atoms with E-state index >= 15 is 0 Å². The normalized spacial score (nSPS) is 12.7. The quantitative estimate of drug-likeness (QED) is 0.853. The molecule has 0 amide bonds. The third-order valence-electron chi connectivity index (χ3n) is 3.09. The highest BCUT2D eigenvalue weighted by Crippen LogP contribution is 2.32. The Labute approximate surface area is 120 Å². The molecule has 0 saturated carbocycles. The van der Waals surface area contributed by atoms with Gasteiger partial charge >= 0.3 is 0 Å². The number of rotatable bonds is 5. The van der Waals surface area contributed by atoms with Gasteiger partial charge in [0.15, 0.2) is 0 Å². The summed E-state index contributed by atoms with van der Waals surface area (Å²) in [5.74, 6) is -2.62. The molecular weight excluding hydrogens is 283 g/mol. The monoisotopic (exact) mass is 299 g/mol. The number of hydrogen-bond acceptors (Lipinski definition) is 2. The van der Waals surface area contributed by atoms with Crippen LogP contribution >= 0.6 is 11.3 Å². The molecule has 0 fully saturated rings. The molecule has 1 N–H and O–H groups in total. The first-order valence-corrected chi connectivity index (χ1v) is 7.34. The van der Waals surface area contributed by atoms with Crippen molar-refractivity contribution in [2.75, 3.05) is 6.54 Å². The smallest absolute Gasteiger partial charge is 0.134 e. The van der Waals surface area contributed by atoms with Crippen LogP contribution in [0.2, 0.25) is 0 Å². The maximum Gasteiger partial charge on any atom is 0.134 e. The third-order valence-corrected chi connectivity index (χ3v) is 4.18. The molecule has 0 aliphatic rings. The zero-order valence-corrected chi connectivity index (χ0v) is 12.2. The molecule has 1 unspecified atom stereocenters. The summed E-state index contributed by atoms with van der Waals surface area (Å²) < 4.78 is 41.0. The number of aryl methyl sites for hydroxylation is 1. The topological polar surface area (TPSA) is 12.0 Å². The maximum absolute atomic E-state index is 14.0. The number of benzene rings is 1. The Morgan fingerprint density at radius 1 is 1.20 bits per heavy atom. The van der Waals surface area contributed by atoms with Gasteiger partial charge in [-0.25, -0.2) is 13.2 Å². The first-order valence-electron chi connectivity index (χ1n) is 6.46. The molecule has 0 bridgehead atoms. The zero-order chi connectivity index (χ0) is 14.7. The van der Waals surface area contributed by atoms with E-state index in [1.807, 2.05) is 25.3 Å². The van der Waals surface area contributed by atoms with E-state index in [0.29, 0.717) is 6.54 Å². The fraction of sp³-hybridized carbons (Fsp3) is 0.333. The van der Waals surface area contributed by atoms with Crippen LogP contribution in [-0.4, -0.2) is 6.54 Å². The lowest BCUT2D eigenvalue weighted by molar-refractivity contribution is 0.488. The number of thiophene rings is 1. The molecule has 20 heavy (non-hydrogen) atoms. The van der Waals surface area contributed by atoms with Gasteiger partial charge in [0.05, 0.1) is 6.04 Å². The fourth-order valence-corrected chi connectivity index (χ4v) is 3.13. The predicted octanol–water partition coefficient (Wildman–Crippen LogP) is 4.56. The van der Waals surface area contributed by atoms with Gasteiger partial charge < -0.3 is 5.32 Å². The van der Waals surface area contributed by atoms with Crippen molar-refractivity contribution in [2.45, 2.75) is 26.3 Å². The molecule has 0 radical (unpaired) electrons. The van der Waals surface area contributed by atoms with E-state index in [4.69, 9.17) is 0 Å². The van der Waals surface area contributed by atoms with Crippen LogP contribution in [0.5, 0.6) is 0 Å². The first-order chi connectivity index (χ1) is 9.54. The lowest BCUT2D eigenvalue weighted by Gasteiger charge is -2.20. The van der Waals surface area contributed by atoms with Gasteiger partial charge in [-0.3, -0.25) is 0 Å². The minimum absolute atomic E-state index is 0.120. The van der Waals surface area contributed by atoms with E-state index in [1.54, 1.807) is 0 Å². The van der Waals surface area contributed by atoms with Crippen molar-refractivity contribution in [1.29, 1.82) is 0 Å². The molecule has 5 heteroatoms. The van der Waals surface area contributed by atoms with Gasteiger partial charge in [0.1, 0.15) is 17.5 Å². The summed E-state index contributed by atoms with van der Waals surface area (Å²) in [6.07, 6.45) is 0.839. The molecule has 1 nitrogen and oxygen atoms in total. The highest BCUT2D eigenvalue weighted by molar-refractivity contribution is 7.10. The molecule has 108 valence electrons. The first kappa shape index (κ1) is 15.1. The molecule has 1 atom stereocenters. The summed E-state index contributed by atoms with van der Waals surface area (Å²) in [6.45, 7) is 4.49. The van der Waals surface area contributed by atoms with E-state index in [2.05, 4.69) is 5.32 Å². The maximum atomic E-state index is 14.0. The van der Waals surface area contributed by atoms with E-state index in [1.165, 1.54) is 11.3 Å². The molecule has 0 aliphatic carbocycles. The van der Waals surface area contributed by atoms with Crippen molar-refractivity contribution in [1.82, 2.24) is 5.32 Å². The van der Waals surface area contributed by atoms with Crippen LogP contribution in [0.15, 0.2) is 23.6 Å². The van der Waals surface area contributed by atoms with Gasteiger partial charge in [-0.15, -0.1) is 11.3 Å². The van der Waals surface area contributed by atoms with Crippen LogP contribution in [0.3, 0.4) is 0 Å². The van der Waals surface area contributed by atoms with Crippen LogP contribution in [0, 0.1) is 24.4 Å². The Hall–Kier alpha value is -1.33. The van der Waals surface area contributed by atoms with Crippen LogP contribution in [0.4, 0.5) is 13.2 Å². The Morgan fingerprint density at radius 2 is 1.85 bits per heavy atom. The standard InChI is InChI=1S/C15H16F3NS/c1-3-5-19-14(15-9(2)4-6-20-15)13-11(17)7-10(16)8-12(13)18/h4,6-8,14,19H,3,5H2,1-2H3. The summed E-state index contributed by atoms with van der Waals surface area (Å²) in [7, 11) is 0. The van der Waals surface area contributed by atoms with Crippen molar-refractivity contribution >= 4 is 11.3 Å². The highest BCUT2D eigenvalue weighted by Gasteiger charge is 2.24. The SMILES string of the molecule is CCCNC(c1sccc1C)c1c(F)cc(F)cc1F. The van der Waals surface area contributed by atoms with Crippen molar-refractivity contribution in [3.63, 3.8) is 0 Å². The molecule has 0 spiro atoms. The Kier molecular flexibility index (Phi) is 4.83. The van der Waals surface area contributed by atoms with Crippen LogP contribution < -0.4 is 5.32 Å². The average Bonchev–Trinajstić information content (AvgIpc) is 2.78. The molecule has 1 aromatic heterocycles. The Bertz CT molecular complexity index is 572. The molecule has 2 rings (SSSR count). The molecule has 0 aliphatic heterocycles. The van der Waals surface area contributed by atoms with Crippen molar-refractivity contribution in [2.24, 2.45) is 0 Å². The predicted molar refractivity (Wildman–Crippen MR) is 75.5 cm³/mol.